The number of aliphatic hydroxyl groups excluding tert-OH is 1. The minimum Gasteiger partial charge on any atom is -0.463 e. The molecule has 25 heavy (non-hydrogen) atoms. The summed E-state index contributed by atoms with van der Waals surface area (Å²) in [4.78, 5) is 14.4. The predicted molar refractivity (Wildman–Crippen MR) is 87.0 cm³/mol. The lowest BCUT2D eigenvalue weighted by Gasteiger charge is -2.24. The average Bonchev–Trinajstić information content (AvgIpc) is 3.20. The molecule has 3 aromatic rings. The van der Waals surface area contributed by atoms with Gasteiger partial charge < -0.3 is 14.4 Å². The predicted octanol–water partition coefficient (Wildman–Crippen LogP) is 3.66. The number of hydrogen-bond acceptors (Lipinski definition) is 3. The number of hydrogen-bond donors (Lipinski definition) is 1. The number of nitrogens with zero attached hydrogens (tertiary/aromatic N) is 1. The second-order valence-electron chi connectivity index (χ2n) is 6.17. The molecule has 0 saturated carbocycles. The smallest absolute Gasteiger partial charge is 0.258 e. The summed E-state index contributed by atoms with van der Waals surface area (Å²) in [5.74, 6) is -1.57. The van der Waals surface area contributed by atoms with Crippen molar-refractivity contribution in [3.05, 3.63) is 71.5 Å². The van der Waals surface area contributed by atoms with Crippen molar-refractivity contribution in [3.8, 4) is 0 Å². The molecule has 0 spiro atoms. The van der Waals surface area contributed by atoms with E-state index in [9.17, 15) is 18.7 Å². The lowest BCUT2D eigenvalue weighted by Crippen LogP contribution is -2.32. The van der Waals surface area contributed by atoms with Crippen LogP contribution in [0.25, 0.3) is 11.0 Å². The van der Waals surface area contributed by atoms with Gasteiger partial charge in [-0.3, -0.25) is 4.79 Å². The van der Waals surface area contributed by atoms with Crippen molar-refractivity contribution in [2.75, 3.05) is 6.54 Å². The largest absolute Gasteiger partial charge is 0.463 e. The molecular weight excluding hydrogens is 328 g/mol. The summed E-state index contributed by atoms with van der Waals surface area (Å²) in [6, 6.07) is 9.50. The molecule has 128 valence electrons. The number of carbonyl (C=O) groups excluding carboxylic acids is 1. The van der Waals surface area contributed by atoms with Crippen molar-refractivity contribution < 1.29 is 23.1 Å². The third kappa shape index (κ3) is 2.68. The molecule has 2 aromatic carbocycles. The average molecular weight is 343 g/mol. The number of likely N-dealkylation sites (tertiary alicyclic amines) is 1. The summed E-state index contributed by atoms with van der Waals surface area (Å²) in [6.07, 6.45) is 0.716. The van der Waals surface area contributed by atoms with E-state index in [-0.39, 0.29) is 24.4 Å². The van der Waals surface area contributed by atoms with Gasteiger partial charge in [0.25, 0.3) is 5.91 Å². The maximum atomic E-state index is 14.2. The Labute approximate surface area is 142 Å². The summed E-state index contributed by atoms with van der Waals surface area (Å²) < 4.78 is 33.1. The fraction of sp³-hybridized carbons (Fsp3) is 0.211. The lowest BCUT2D eigenvalue weighted by atomic mass is 10.0. The molecule has 4 nitrogen and oxygen atoms in total. The summed E-state index contributed by atoms with van der Waals surface area (Å²) in [5.41, 5.74) is 0.975. The second-order valence-corrected chi connectivity index (χ2v) is 6.17. The van der Waals surface area contributed by atoms with Crippen LogP contribution in [0.4, 0.5) is 8.78 Å². The van der Waals surface area contributed by atoms with Crippen LogP contribution >= 0.6 is 0 Å². The van der Waals surface area contributed by atoms with Crippen molar-refractivity contribution >= 4 is 16.9 Å². The number of carbonyl (C=O) groups is 1. The maximum Gasteiger partial charge on any atom is 0.258 e. The van der Waals surface area contributed by atoms with Crippen LogP contribution in [0.5, 0.6) is 0 Å². The van der Waals surface area contributed by atoms with Gasteiger partial charge in [0, 0.05) is 17.5 Å². The fourth-order valence-corrected chi connectivity index (χ4v) is 3.40. The number of rotatable bonds is 2. The summed E-state index contributed by atoms with van der Waals surface area (Å²) in [6.45, 7) is 0.0545. The third-order valence-electron chi connectivity index (χ3n) is 4.57. The molecular formula is C19H15F2NO3. The topological polar surface area (TPSA) is 53.7 Å². The standard InChI is InChI=1S/C19H15F2NO3/c20-11-5-6-16(21)14(7-11)17-8-12(23)9-22(17)19(24)15-10-25-18-4-2-1-3-13(15)18/h1-7,10,12,17,23H,8-9H2. The van der Waals surface area contributed by atoms with Crippen molar-refractivity contribution in [3.63, 3.8) is 0 Å². The lowest BCUT2D eigenvalue weighted by molar-refractivity contribution is 0.0714. The van der Waals surface area contributed by atoms with Crippen LogP contribution in [0.2, 0.25) is 0 Å². The Morgan fingerprint density at radius 1 is 1.20 bits per heavy atom. The number of para-hydroxylation sites is 1. The first-order valence-electron chi connectivity index (χ1n) is 7.95. The fourth-order valence-electron chi connectivity index (χ4n) is 3.40. The molecule has 1 aromatic heterocycles. The van der Waals surface area contributed by atoms with Gasteiger partial charge in [-0.05, 0) is 30.7 Å². The number of fused-ring (bicyclic) bond motifs is 1. The van der Waals surface area contributed by atoms with Crippen molar-refractivity contribution in [1.29, 1.82) is 0 Å². The molecule has 1 aliphatic rings. The van der Waals surface area contributed by atoms with Gasteiger partial charge in [-0.1, -0.05) is 18.2 Å². The Morgan fingerprint density at radius 2 is 2.00 bits per heavy atom. The first-order chi connectivity index (χ1) is 12.0. The van der Waals surface area contributed by atoms with Crippen LogP contribution in [0.1, 0.15) is 28.4 Å². The molecule has 0 aliphatic carbocycles. The molecule has 1 amide bonds. The van der Waals surface area contributed by atoms with Gasteiger partial charge in [-0.25, -0.2) is 8.78 Å². The highest BCUT2D eigenvalue weighted by atomic mass is 19.1. The zero-order valence-electron chi connectivity index (χ0n) is 13.2. The number of β-amino-alcohol motifs (C(OH)–C–C–N with tert-alkyl or cyclic N) is 1. The van der Waals surface area contributed by atoms with E-state index < -0.39 is 23.8 Å². The normalized spacial score (nSPS) is 20.4. The van der Waals surface area contributed by atoms with E-state index in [1.54, 1.807) is 24.3 Å². The van der Waals surface area contributed by atoms with Crippen LogP contribution in [0.15, 0.2) is 53.1 Å². The first-order valence-corrected chi connectivity index (χ1v) is 7.95. The zero-order valence-corrected chi connectivity index (χ0v) is 13.2. The van der Waals surface area contributed by atoms with Crippen molar-refractivity contribution in [2.45, 2.75) is 18.6 Å². The highest BCUT2D eigenvalue weighted by Gasteiger charge is 2.38. The Hall–Kier alpha value is -2.73. The first kappa shape index (κ1) is 15.8. The SMILES string of the molecule is O=C(c1coc2ccccc12)N1CC(O)CC1c1cc(F)ccc1F. The van der Waals surface area contributed by atoms with Gasteiger partial charge in [0.1, 0.15) is 23.5 Å². The van der Waals surface area contributed by atoms with E-state index in [2.05, 4.69) is 0 Å². The van der Waals surface area contributed by atoms with Crippen LogP contribution in [-0.2, 0) is 0 Å². The number of aliphatic hydroxyl groups is 1. The van der Waals surface area contributed by atoms with Crippen LogP contribution < -0.4 is 0 Å². The van der Waals surface area contributed by atoms with Gasteiger partial charge in [-0.15, -0.1) is 0 Å². The highest BCUT2D eigenvalue weighted by Crippen LogP contribution is 2.36. The molecule has 1 N–H and O–H groups in total. The van der Waals surface area contributed by atoms with Crippen LogP contribution in [-0.4, -0.2) is 28.6 Å². The molecule has 4 rings (SSSR count). The molecule has 1 fully saturated rings. The number of amides is 1. The minimum atomic E-state index is -0.796. The molecule has 2 atom stereocenters. The monoisotopic (exact) mass is 343 g/mol. The third-order valence-corrected chi connectivity index (χ3v) is 4.57. The van der Waals surface area contributed by atoms with Crippen molar-refractivity contribution in [2.24, 2.45) is 0 Å². The number of benzene rings is 2. The number of halogens is 2. The summed E-state index contributed by atoms with van der Waals surface area (Å²) in [5, 5.41) is 10.7. The van der Waals surface area contributed by atoms with Gasteiger partial charge >= 0.3 is 0 Å². The molecule has 2 unspecified atom stereocenters. The Morgan fingerprint density at radius 3 is 2.84 bits per heavy atom. The Balaban J connectivity index is 1.74. The quantitative estimate of drug-likeness (QED) is 0.773. The maximum absolute atomic E-state index is 14.2. The minimum absolute atomic E-state index is 0.0545. The second kappa shape index (κ2) is 5.97. The molecule has 0 bridgehead atoms. The molecule has 1 aliphatic heterocycles. The van der Waals surface area contributed by atoms with Crippen LogP contribution in [0, 0.1) is 11.6 Å². The van der Waals surface area contributed by atoms with Crippen LogP contribution in [0.3, 0.4) is 0 Å². The van der Waals surface area contributed by atoms with E-state index in [0.29, 0.717) is 16.5 Å². The molecule has 6 heteroatoms. The van der Waals surface area contributed by atoms with E-state index in [4.69, 9.17) is 4.42 Å². The van der Waals surface area contributed by atoms with E-state index in [1.165, 1.54) is 11.2 Å². The highest BCUT2D eigenvalue weighted by molar-refractivity contribution is 6.06. The van der Waals surface area contributed by atoms with Crippen molar-refractivity contribution in [1.82, 2.24) is 4.90 Å². The Kier molecular flexibility index (Phi) is 3.77. The molecule has 2 heterocycles. The summed E-state index contributed by atoms with van der Waals surface area (Å²) in [7, 11) is 0. The molecule has 1 saturated heterocycles. The van der Waals surface area contributed by atoms with Gasteiger partial charge in [0.15, 0.2) is 0 Å². The van der Waals surface area contributed by atoms with E-state index in [1.807, 2.05) is 0 Å². The Bertz CT molecular complexity index is 953. The van der Waals surface area contributed by atoms with E-state index in [0.717, 1.165) is 18.2 Å². The zero-order chi connectivity index (χ0) is 17.6. The molecule has 0 radical (unpaired) electrons. The van der Waals surface area contributed by atoms with E-state index >= 15 is 0 Å². The van der Waals surface area contributed by atoms with Gasteiger partial charge in [-0.2, -0.15) is 0 Å². The summed E-state index contributed by atoms with van der Waals surface area (Å²) >= 11 is 0. The van der Waals surface area contributed by atoms with Gasteiger partial charge in [0.05, 0.1) is 17.7 Å². The number of furan rings is 1. The van der Waals surface area contributed by atoms with Gasteiger partial charge in [0.2, 0.25) is 0 Å².